The maximum Gasteiger partial charge on any atom is 0.251 e. The number of ether oxygens (including phenoxy) is 1. The standard InChI is InChI=1S/C13H18ClN3O2/c1-15-11-7-9(6-10(14)17-11)12(18)16-8-13(19-2)4-3-5-13/h6-7H,3-5,8H2,1-2H3,(H,15,17)(H,16,18). The summed E-state index contributed by atoms with van der Waals surface area (Å²) in [5.41, 5.74) is 0.313. The summed E-state index contributed by atoms with van der Waals surface area (Å²) in [6.45, 7) is 0.525. The van der Waals surface area contributed by atoms with Crippen LogP contribution in [0.3, 0.4) is 0 Å². The van der Waals surface area contributed by atoms with Gasteiger partial charge >= 0.3 is 0 Å². The second-order valence-electron chi connectivity index (χ2n) is 4.74. The fourth-order valence-electron chi connectivity index (χ4n) is 2.12. The second-order valence-corrected chi connectivity index (χ2v) is 5.12. The van der Waals surface area contributed by atoms with E-state index >= 15 is 0 Å². The fourth-order valence-corrected chi connectivity index (χ4v) is 2.33. The molecule has 1 saturated carbocycles. The van der Waals surface area contributed by atoms with Crippen molar-refractivity contribution in [1.82, 2.24) is 10.3 Å². The van der Waals surface area contributed by atoms with E-state index in [-0.39, 0.29) is 11.5 Å². The zero-order valence-electron chi connectivity index (χ0n) is 11.1. The van der Waals surface area contributed by atoms with Crippen LogP contribution in [0.2, 0.25) is 5.15 Å². The number of halogens is 1. The van der Waals surface area contributed by atoms with Gasteiger partial charge in [0, 0.05) is 26.3 Å². The minimum Gasteiger partial charge on any atom is -0.376 e. The highest BCUT2D eigenvalue weighted by atomic mass is 35.5. The lowest BCUT2D eigenvalue weighted by molar-refractivity contribution is -0.0679. The van der Waals surface area contributed by atoms with Crippen molar-refractivity contribution in [2.45, 2.75) is 24.9 Å². The molecular formula is C13H18ClN3O2. The van der Waals surface area contributed by atoms with E-state index in [0.717, 1.165) is 19.3 Å². The Kier molecular flexibility index (Phi) is 4.27. The van der Waals surface area contributed by atoms with Crippen LogP contribution in [0.4, 0.5) is 5.82 Å². The molecule has 19 heavy (non-hydrogen) atoms. The van der Waals surface area contributed by atoms with Gasteiger partial charge in [0.15, 0.2) is 0 Å². The van der Waals surface area contributed by atoms with Crippen LogP contribution in [0.15, 0.2) is 12.1 Å². The van der Waals surface area contributed by atoms with Gasteiger partial charge in [-0.05, 0) is 31.4 Å². The number of anilines is 1. The van der Waals surface area contributed by atoms with Gasteiger partial charge in [-0.1, -0.05) is 11.6 Å². The molecule has 0 radical (unpaired) electrons. The molecule has 5 nitrogen and oxygen atoms in total. The third-order valence-electron chi connectivity index (χ3n) is 3.58. The summed E-state index contributed by atoms with van der Waals surface area (Å²) in [6.07, 6.45) is 3.12. The molecule has 1 aromatic heterocycles. The van der Waals surface area contributed by atoms with Gasteiger partial charge in [-0.15, -0.1) is 0 Å². The van der Waals surface area contributed by atoms with E-state index < -0.39 is 0 Å². The molecule has 0 saturated heterocycles. The predicted octanol–water partition coefficient (Wildman–Crippen LogP) is 2.08. The Morgan fingerprint density at radius 3 is 2.79 bits per heavy atom. The molecule has 0 atom stereocenters. The van der Waals surface area contributed by atoms with Crippen molar-refractivity contribution in [2.75, 3.05) is 26.0 Å². The van der Waals surface area contributed by atoms with Crippen LogP contribution in [0.5, 0.6) is 0 Å². The van der Waals surface area contributed by atoms with E-state index in [0.29, 0.717) is 23.1 Å². The number of amides is 1. The Morgan fingerprint density at radius 1 is 1.53 bits per heavy atom. The summed E-state index contributed by atoms with van der Waals surface area (Å²) in [5.74, 6) is 0.409. The Labute approximate surface area is 117 Å². The lowest BCUT2D eigenvalue weighted by atomic mass is 9.80. The number of nitrogens with zero attached hydrogens (tertiary/aromatic N) is 1. The molecule has 0 spiro atoms. The van der Waals surface area contributed by atoms with Crippen LogP contribution >= 0.6 is 11.6 Å². The van der Waals surface area contributed by atoms with Gasteiger partial charge in [-0.3, -0.25) is 4.79 Å². The van der Waals surface area contributed by atoms with Crippen molar-refractivity contribution in [3.63, 3.8) is 0 Å². The molecule has 1 aromatic rings. The Balaban J connectivity index is 2.01. The van der Waals surface area contributed by atoms with E-state index in [1.165, 1.54) is 0 Å². The van der Waals surface area contributed by atoms with Gasteiger partial charge in [0.2, 0.25) is 0 Å². The molecule has 2 rings (SSSR count). The molecule has 2 N–H and O–H groups in total. The van der Waals surface area contributed by atoms with Gasteiger partial charge in [-0.25, -0.2) is 4.98 Å². The molecule has 0 aliphatic heterocycles. The van der Waals surface area contributed by atoms with Crippen molar-refractivity contribution in [1.29, 1.82) is 0 Å². The quantitative estimate of drug-likeness (QED) is 0.812. The molecular weight excluding hydrogens is 266 g/mol. The summed E-state index contributed by atoms with van der Waals surface area (Å²) >= 11 is 5.87. The highest BCUT2D eigenvalue weighted by Gasteiger charge is 2.37. The number of carbonyl (C=O) groups is 1. The highest BCUT2D eigenvalue weighted by molar-refractivity contribution is 6.29. The normalized spacial score (nSPS) is 16.6. The SMILES string of the molecule is CNc1cc(C(=O)NCC2(OC)CCC2)cc(Cl)n1. The zero-order valence-corrected chi connectivity index (χ0v) is 11.9. The summed E-state index contributed by atoms with van der Waals surface area (Å²) in [6, 6.07) is 3.22. The van der Waals surface area contributed by atoms with Gasteiger partial charge in [0.25, 0.3) is 5.91 Å². The number of pyridine rings is 1. The van der Waals surface area contributed by atoms with Gasteiger partial charge < -0.3 is 15.4 Å². The lowest BCUT2D eigenvalue weighted by Crippen LogP contribution is -2.49. The van der Waals surface area contributed by atoms with Gasteiger partial charge in [0.1, 0.15) is 11.0 Å². The average molecular weight is 284 g/mol. The summed E-state index contributed by atoms with van der Waals surface area (Å²) in [7, 11) is 3.42. The molecule has 0 aromatic carbocycles. The minimum atomic E-state index is -0.182. The van der Waals surface area contributed by atoms with Crippen molar-refractivity contribution < 1.29 is 9.53 Å². The maximum atomic E-state index is 12.1. The van der Waals surface area contributed by atoms with Crippen molar-refractivity contribution in [2.24, 2.45) is 0 Å². The number of methoxy groups -OCH3 is 1. The maximum absolute atomic E-state index is 12.1. The number of rotatable bonds is 5. The number of hydrogen-bond acceptors (Lipinski definition) is 4. The Morgan fingerprint density at radius 2 is 2.26 bits per heavy atom. The molecule has 1 fully saturated rings. The fraction of sp³-hybridized carbons (Fsp3) is 0.538. The molecule has 6 heteroatoms. The predicted molar refractivity (Wildman–Crippen MR) is 74.7 cm³/mol. The summed E-state index contributed by atoms with van der Waals surface area (Å²) < 4.78 is 5.46. The van der Waals surface area contributed by atoms with Crippen LogP contribution in [0.25, 0.3) is 0 Å². The first-order valence-corrected chi connectivity index (χ1v) is 6.65. The molecule has 1 aliphatic rings. The molecule has 1 amide bonds. The number of carbonyl (C=O) groups excluding carboxylic acids is 1. The molecule has 1 heterocycles. The summed E-state index contributed by atoms with van der Waals surface area (Å²) in [5, 5.41) is 6.06. The molecule has 0 unspecified atom stereocenters. The number of aromatic nitrogens is 1. The van der Waals surface area contributed by atoms with Crippen LogP contribution in [0.1, 0.15) is 29.6 Å². The molecule has 1 aliphatic carbocycles. The topological polar surface area (TPSA) is 63.2 Å². The van der Waals surface area contributed by atoms with Crippen LogP contribution in [-0.4, -0.2) is 37.2 Å². The van der Waals surface area contributed by atoms with Crippen LogP contribution < -0.4 is 10.6 Å². The Hall–Kier alpha value is -1.33. The highest BCUT2D eigenvalue weighted by Crippen LogP contribution is 2.34. The zero-order chi connectivity index (χ0) is 13.9. The van der Waals surface area contributed by atoms with Crippen molar-refractivity contribution in [3.05, 3.63) is 22.8 Å². The Bertz CT molecular complexity index is 469. The molecule has 0 bridgehead atoms. The van der Waals surface area contributed by atoms with Crippen molar-refractivity contribution in [3.8, 4) is 0 Å². The number of nitrogens with one attached hydrogen (secondary N) is 2. The van der Waals surface area contributed by atoms with E-state index in [9.17, 15) is 4.79 Å². The van der Waals surface area contributed by atoms with E-state index in [1.807, 2.05) is 0 Å². The largest absolute Gasteiger partial charge is 0.376 e. The minimum absolute atomic E-state index is 0.163. The average Bonchev–Trinajstić information content (AvgIpc) is 2.37. The first-order valence-electron chi connectivity index (χ1n) is 6.27. The van der Waals surface area contributed by atoms with E-state index in [2.05, 4.69) is 15.6 Å². The summed E-state index contributed by atoms with van der Waals surface area (Å²) in [4.78, 5) is 16.1. The first kappa shape index (κ1) is 14.1. The smallest absolute Gasteiger partial charge is 0.251 e. The first-order chi connectivity index (χ1) is 9.08. The monoisotopic (exact) mass is 283 g/mol. The van der Waals surface area contributed by atoms with Crippen LogP contribution in [0, 0.1) is 0 Å². The number of hydrogen-bond donors (Lipinski definition) is 2. The van der Waals surface area contributed by atoms with Gasteiger partial charge in [-0.2, -0.15) is 0 Å². The van der Waals surface area contributed by atoms with Gasteiger partial charge in [0.05, 0.1) is 5.60 Å². The molecule has 104 valence electrons. The van der Waals surface area contributed by atoms with E-state index in [4.69, 9.17) is 16.3 Å². The second kappa shape index (κ2) is 5.75. The lowest BCUT2D eigenvalue weighted by Gasteiger charge is -2.40. The van der Waals surface area contributed by atoms with Crippen LogP contribution in [-0.2, 0) is 4.74 Å². The van der Waals surface area contributed by atoms with Crippen molar-refractivity contribution >= 4 is 23.3 Å². The third-order valence-corrected chi connectivity index (χ3v) is 3.77. The van der Waals surface area contributed by atoms with E-state index in [1.54, 1.807) is 26.3 Å². The third kappa shape index (κ3) is 3.16.